The first kappa shape index (κ1) is 14.0. The highest BCUT2D eigenvalue weighted by atomic mass is 35.5. The first-order valence-corrected chi connectivity index (χ1v) is 4.62. The number of phenols is 2. The molecule has 0 spiro atoms. The zero-order chi connectivity index (χ0) is 10.6. The van der Waals surface area contributed by atoms with Crippen LogP contribution in [0.4, 0.5) is 0 Å². The van der Waals surface area contributed by atoms with Gasteiger partial charge in [0.05, 0.1) is 0 Å². The molecule has 0 bridgehead atoms. The molecule has 5 heteroatoms. The Hall–Kier alpha value is -0.970. The summed E-state index contributed by atoms with van der Waals surface area (Å²) in [6.45, 7) is 0.609. The van der Waals surface area contributed by atoms with E-state index in [1.807, 2.05) is 0 Å². The number of hydrogen-bond donors (Lipinski definition) is 4. The van der Waals surface area contributed by atoms with Crippen LogP contribution in [0.2, 0.25) is 0 Å². The second-order valence-corrected chi connectivity index (χ2v) is 3.29. The maximum Gasteiger partial charge on any atom is 0.157 e. The van der Waals surface area contributed by atoms with Gasteiger partial charge in [-0.15, -0.1) is 12.4 Å². The van der Waals surface area contributed by atoms with Crippen molar-refractivity contribution >= 4 is 12.4 Å². The molecule has 1 aromatic carbocycles. The number of aromatic hydroxyl groups is 2. The van der Waals surface area contributed by atoms with E-state index in [1.165, 1.54) is 12.1 Å². The van der Waals surface area contributed by atoms with Gasteiger partial charge >= 0.3 is 0 Å². The van der Waals surface area contributed by atoms with E-state index in [0.717, 1.165) is 18.4 Å². The average molecular weight is 233 g/mol. The van der Waals surface area contributed by atoms with Gasteiger partial charge in [-0.05, 0) is 37.1 Å². The SMILES string of the molecule is Cl.NCCC[C@H](N)c1ccc(O)c(O)c1. The van der Waals surface area contributed by atoms with E-state index >= 15 is 0 Å². The minimum Gasteiger partial charge on any atom is -0.504 e. The van der Waals surface area contributed by atoms with Gasteiger partial charge in [0, 0.05) is 6.04 Å². The van der Waals surface area contributed by atoms with Gasteiger partial charge in [0.25, 0.3) is 0 Å². The Bertz CT molecular complexity index is 307. The van der Waals surface area contributed by atoms with Gasteiger partial charge in [0.2, 0.25) is 0 Å². The first-order valence-electron chi connectivity index (χ1n) is 4.62. The number of rotatable bonds is 4. The number of nitrogens with two attached hydrogens (primary N) is 2. The Kier molecular flexibility index (Phi) is 6.08. The molecule has 0 radical (unpaired) electrons. The van der Waals surface area contributed by atoms with E-state index in [2.05, 4.69) is 0 Å². The van der Waals surface area contributed by atoms with E-state index in [0.29, 0.717) is 6.54 Å². The first-order chi connectivity index (χ1) is 6.65. The molecule has 0 heterocycles. The predicted molar refractivity (Wildman–Crippen MR) is 62.2 cm³/mol. The fourth-order valence-corrected chi connectivity index (χ4v) is 1.28. The largest absolute Gasteiger partial charge is 0.504 e. The van der Waals surface area contributed by atoms with E-state index in [9.17, 15) is 5.11 Å². The molecule has 0 aliphatic heterocycles. The quantitative estimate of drug-likeness (QED) is 0.588. The van der Waals surface area contributed by atoms with Gasteiger partial charge in [0.1, 0.15) is 0 Å². The molecule has 0 saturated carbocycles. The van der Waals surface area contributed by atoms with Crippen LogP contribution >= 0.6 is 12.4 Å². The van der Waals surface area contributed by atoms with Crippen molar-refractivity contribution in [3.63, 3.8) is 0 Å². The smallest absolute Gasteiger partial charge is 0.157 e. The zero-order valence-electron chi connectivity index (χ0n) is 8.39. The van der Waals surface area contributed by atoms with Crippen molar-refractivity contribution in [2.75, 3.05) is 6.54 Å². The number of hydrogen-bond acceptors (Lipinski definition) is 4. The summed E-state index contributed by atoms with van der Waals surface area (Å²) in [7, 11) is 0. The standard InChI is InChI=1S/C10H16N2O2.ClH/c11-5-1-2-8(12)7-3-4-9(13)10(14)6-7;/h3-4,6,8,13-14H,1-2,5,11-12H2;1H/t8-;/m0./s1. The second-order valence-electron chi connectivity index (χ2n) is 3.29. The molecule has 0 saturated heterocycles. The summed E-state index contributed by atoms with van der Waals surface area (Å²) in [5, 5.41) is 18.3. The lowest BCUT2D eigenvalue weighted by Gasteiger charge is -2.11. The van der Waals surface area contributed by atoms with Gasteiger partial charge in [-0.25, -0.2) is 0 Å². The third-order valence-electron chi connectivity index (χ3n) is 2.15. The van der Waals surface area contributed by atoms with Crippen molar-refractivity contribution in [2.45, 2.75) is 18.9 Å². The average Bonchev–Trinajstić information content (AvgIpc) is 2.18. The van der Waals surface area contributed by atoms with Crippen LogP contribution in [0.1, 0.15) is 24.4 Å². The number of benzene rings is 1. The van der Waals surface area contributed by atoms with Crippen LogP contribution in [0.3, 0.4) is 0 Å². The van der Waals surface area contributed by atoms with Gasteiger partial charge in [0.15, 0.2) is 11.5 Å². The lowest BCUT2D eigenvalue weighted by Crippen LogP contribution is -2.12. The van der Waals surface area contributed by atoms with Crippen LogP contribution < -0.4 is 11.5 Å². The van der Waals surface area contributed by atoms with Crippen molar-refractivity contribution in [3.8, 4) is 11.5 Å². The van der Waals surface area contributed by atoms with Crippen molar-refractivity contribution in [2.24, 2.45) is 11.5 Å². The number of halogens is 1. The summed E-state index contributed by atoms with van der Waals surface area (Å²) >= 11 is 0. The van der Waals surface area contributed by atoms with Gasteiger partial charge in [-0.2, -0.15) is 0 Å². The van der Waals surface area contributed by atoms with Crippen molar-refractivity contribution in [1.82, 2.24) is 0 Å². The van der Waals surface area contributed by atoms with E-state index in [4.69, 9.17) is 16.6 Å². The molecule has 0 aliphatic carbocycles. The summed E-state index contributed by atoms with van der Waals surface area (Å²) in [5.41, 5.74) is 12.0. The maximum atomic E-state index is 9.24. The lowest BCUT2D eigenvalue weighted by atomic mass is 10.0. The fraction of sp³-hybridized carbons (Fsp3) is 0.400. The van der Waals surface area contributed by atoms with Crippen LogP contribution in [-0.4, -0.2) is 16.8 Å². The highest BCUT2D eigenvalue weighted by Gasteiger charge is 2.07. The molecule has 6 N–H and O–H groups in total. The van der Waals surface area contributed by atoms with Crippen molar-refractivity contribution in [3.05, 3.63) is 23.8 Å². The van der Waals surface area contributed by atoms with Crippen LogP contribution in [0.5, 0.6) is 11.5 Å². The molecule has 0 aliphatic rings. The lowest BCUT2D eigenvalue weighted by molar-refractivity contribution is 0.402. The maximum absolute atomic E-state index is 9.24. The van der Waals surface area contributed by atoms with Crippen LogP contribution in [-0.2, 0) is 0 Å². The highest BCUT2D eigenvalue weighted by Crippen LogP contribution is 2.28. The van der Waals surface area contributed by atoms with Gasteiger partial charge < -0.3 is 21.7 Å². The van der Waals surface area contributed by atoms with Crippen LogP contribution in [0, 0.1) is 0 Å². The monoisotopic (exact) mass is 232 g/mol. The third kappa shape index (κ3) is 3.95. The summed E-state index contributed by atoms with van der Waals surface area (Å²) in [5.74, 6) is -0.259. The van der Waals surface area contributed by atoms with E-state index in [-0.39, 0.29) is 29.9 Å². The molecular formula is C10H17ClN2O2. The minimum atomic E-state index is -0.134. The summed E-state index contributed by atoms with van der Waals surface area (Å²) < 4.78 is 0. The highest BCUT2D eigenvalue weighted by molar-refractivity contribution is 5.85. The fourth-order valence-electron chi connectivity index (χ4n) is 1.28. The van der Waals surface area contributed by atoms with Gasteiger partial charge in [-0.3, -0.25) is 0 Å². The number of phenolic OH excluding ortho intramolecular Hbond substituents is 2. The van der Waals surface area contributed by atoms with Crippen LogP contribution in [0.15, 0.2) is 18.2 Å². The molecule has 1 rings (SSSR count). The summed E-state index contributed by atoms with van der Waals surface area (Å²) in [6, 6.07) is 4.49. The Morgan fingerprint density at radius 3 is 2.40 bits per heavy atom. The topological polar surface area (TPSA) is 92.5 Å². The summed E-state index contributed by atoms with van der Waals surface area (Å²) in [6.07, 6.45) is 1.63. The Labute approximate surface area is 95.3 Å². The molecule has 0 amide bonds. The molecular weight excluding hydrogens is 216 g/mol. The zero-order valence-corrected chi connectivity index (χ0v) is 9.20. The Balaban J connectivity index is 0.00000196. The molecule has 86 valence electrons. The normalized spacial score (nSPS) is 11.9. The summed E-state index contributed by atoms with van der Waals surface area (Å²) in [4.78, 5) is 0. The Morgan fingerprint density at radius 2 is 1.87 bits per heavy atom. The molecule has 1 aromatic rings. The third-order valence-corrected chi connectivity index (χ3v) is 2.15. The Morgan fingerprint density at radius 1 is 1.20 bits per heavy atom. The molecule has 4 nitrogen and oxygen atoms in total. The molecule has 15 heavy (non-hydrogen) atoms. The molecule has 0 aromatic heterocycles. The van der Waals surface area contributed by atoms with E-state index < -0.39 is 0 Å². The van der Waals surface area contributed by atoms with Gasteiger partial charge in [-0.1, -0.05) is 6.07 Å². The minimum absolute atomic E-state index is 0. The van der Waals surface area contributed by atoms with Crippen molar-refractivity contribution < 1.29 is 10.2 Å². The molecule has 1 atom stereocenters. The molecule has 0 unspecified atom stereocenters. The van der Waals surface area contributed by atoms with E-state index in [1.54, 1.807) is 6.07 Å². The molecule has 0 fully saturated rings. The van der Waals surface area contributed by atoms with Crippen molar-refractivity contribution in [1.29, 1.82) is 0 Å². The predicted octanol–water partition coefficient (Wildman–Crippen LogP) is 1.26. The second kappa shape index (κ2) is 6.50. The van der Waals surface area contributed by atoms with Crippen LogP contribution in [0.25, 0.3) is 0 Å².